The summed E-state index contributed by atoms with van der Waals surface area (Å²) in [6.07, 6.45) is 4.69. The summed E-state index contributed by atoms with van der Waals surface area (Å²) in [6.45, 7) is 11.3. The maximum atomic E-state index is 12.1. The summed E-state index contributed by atoms with van der Waals surface area (Å²) >= 11 is 0. The molecular formula is C15H31N3O. The maximum absolute atomic E-state index is 12.1. The van der Waals surface area contributed by atoms with Crippen molar-refractivity contribution in [2.45, 2.75) is 71.5 Å². The van der Waals surface area contributed by atoms with E-state index in [-0.39, 0.29) is 11.9 Å². The van der Waals surface area contributed by atoms with Crippen LogP contribution in [0.1, 0.15) is 53.4 Å². The first-order valence-electron chi connectivity index (χ1n) is 7.83. The van der Waals surface area contributed by atoms with E-state index < -0.39 is 0 Å². The summed E-state index contributed by atoms with van der Waals surface area (Å²) in [5.74, 6) is 0.179. The minimum absolute atomic E-state index is 0.00851. The Labute approximate surface area is 118 Å². The molecule has 0 spiro atoms. The maximum Gasteiger partial charge on any atom is 0.237 e. The van der Waals surface area contributed by atoms with Crippen molar-refractivity contribution in [3.8, 4) is 0 Å². The molecule has 19 heavy (non-hydrogen) atoms. The van der Waals surface area contributed by atoms with Gasteiger partial charge in [-0.3, -0.25) is 9.69 Å². The lowest BCUT2D eigenvalue weighted by Crippen LogP contribution is -2.55. The standard InChI is InChI=1S/C15H31N3O/c1-5-9-16-15(19)13(4)18-10-7-6-8-14(18)11-17-12(2)3/h12-14,17H,5-11H2,1-4H3,(H,16,19). The van der Waals surface area contributed by atoms with Gasteiger partial charge in [-0.15, -0.1) is 0 Å². The Balaban J connectivity index is 2.52. The average Bonchev–Trinajstić information content (AvgIpc) is 2.42. The Morgan fingerprint density at radius 3 is 2.68 bits per heavy atom. The summed E-state index contributed by atoms with van der Waals surface area (Å²) in [5, 5.41) is 6.52. The van der Waals surface area contributed by atoms with Crippen LogP contribution in [0.2, 0.25) is 0 Å². The third-order valence-corrected chi connectivity index (χ3v) is 3.86. The van der Waals surface area contributed by atoms with Crippen LogP contribution in [0.25, 0.3) is 0 Å². The topological polar surface area (TPSA) is 44.4 Å². The number of amides is 1. The van der Waals surface area contributed by atoms with E-state index in [1.165, 1.54) is 19.3 Å². The van der Waals surface area contributed by atoms with Crippen LogP contribution in [0.5, 0.6) is 0 Å². The van der Waals surface area contributed by atoms with Gasteiger partial charge in [-0.1, -0.05) is 27.2 Å². The number of nitrogens with one attached hydrogen (secondary N) is 2. The molecule has 1 aliphatic heterocycles. The summed E-state index contributed by atoms with van der Waals surface area (Å²) in [5.41, 5.74) is 0. The van der Waals surface area contributed by atoms with Crippen LogP contribution in [0.3, 0.4) is 0 Å². The highest BCUT2D eigenvalue weighted by Gasteiger charge is 2.29. The lowest BCUT2D eigenvalue weighted by Gasteiger charge is -2.39. The van der Waals surface area contributed by atoms with E-state index in [9.17, 15) is 4.79 Å². The molecule has 0 aliphatic carbocycles. The third-order valence-electron chi connectivity index (χ3n) is 3.86. The van der Waals surface area contributed by atoms with Crippen LogP contribution in [0.4, 0.5) is 0 Å². The van der Waals surface area contributed by atoms with Crippen molar-refractivity contribution in [1.82, 2.24) is 15.5 Å². The fourth-order valence-electron chi connectivity index (χ4n) is 2.67. The number of carbonyl (C=O) groups excluding carboxylic acids is 1. The minimum atomic E-state index is -0.00851. The molecule has 0 aromatic rings. The summed E-state index contributed by atoms with van der Waals surface area (Å²) < 4.78 is 0. The molecular weight excluding hydrogens is 238 g/mol. The van der Waals surface area contributed by atoms with Crippen molar-refractivity contribution in [3.63, 3.8) is 0 Å². The molecule has 2 atom stereocenters. The second-order valence-corrected chi connectivity index (χ2v) is 5.92. The van der Waals surface area contributed by atoms with Gasteiger partial charge in [-0.05, 0) is 32.7 Å². The Hall–Kier alpha value is -0.610. The van der Waals surface area contributed by atoms with Crippen molar-refractivity contribution in [3.05, 3.63) is 0 Å². The molecule has 4 nitrogen and oxygen atoms in total. The lowest BCUT2D eigenvalue weighted by molar-refractivity contribution is -0.127. The Morgan fingerprint density at radius 1 is 1.32 bits per heavy atom. The number of rotatable bonds is 7. The van der Waals surface area contributed by atoms with E-state index in [2.05, 4.69) is 36.3 Å². The molecule has 2 N–H and O–H groups in total. The van der Waals surface area contributed by atoms with Gasteiger partial charge >= 0.3 is 0 Å². The fraction of sp³-hybridized carbons (Fsp3) is 0.933. The average molecular weight is 269 g/mol. The number of hydrogen-bond donors (Lipinski definition) is 2. The number of carbonyl (C=O) groups is 1. The van der Waals surface area contributed by atoms with Gasteiger partial charge in [0, 0.05) is 25.2 Å². The molecule has 1 rings (SSSR count). The van der Waals surface area contributed by atoms with Gasteiger partial charge in [-0.2, -0.15) is 0 Å². The van der Waals surface area contributed by atoms with Crippen molar-refractivity contribution in [2.75, 3.05) is 19.6 Å². The summed E-state index contributed by atoms with van der Waals surface area (Å²) in [4.78, 5) is 14.5. The normalized spacial score (nSPS) is 22.5. The van der Waals surface area contributed by atoms with Crippen LogP contribution in [-0.4, -0.2) is 48.6 Å². The van der Waals surface area contributed by atoms with E-state index in [0.29, 0.717) is 12.1 Å². The van der Waals surface area contributed by atoms with Crippen molar-refractivity contribution >= 4 is 5.91 Å². The van der Waals surface area contributed by atoms with E-state index in [1.807, 2.05) is 6.92 Å². The van der Waals surface area contributed by atoms with Gasteiger partial charge < -0.3 is 10.6 Å². The molecule has 0 aromatic carbocycles. The van der Waals surface area contributed by atoms with Crippen molar-refractivity contribution < 1.29 is 4.79 Å². The first-order valence-corrected chi connectivity index (χ1v) is 7.83. The molecule has 1 amide bonds. The molecule has 1 aliphatic rings. The molecule has 2 unspecified atom stereocenters. The monoisotopic (exact) mass is 269 g/mol. The molecule has 1 fully saturated rings. The number of likely N-dealkylation sites (tertiary alicyclic amines) is 1. The number of nitrogens with zero attached hydrogens (tertiary/aromatic N) is 1. The zero-order valence-electron chi connectivity index (χ0n) is 13.0. The highest BCUT2D eigenvalue weighted by molar-refractivity contribution is 5.81. The smallest absolute Gasteiger partial charge is 0.237 e. The van der Waals surface area contributed by atoms with Crippen LogP contribution in [-0.2, 0) is 4.79 Å². The Morgan fingerprint density at radius 2 is 2.05 bits per heavy atom. The van der Waals surface area contributed by atoms with E-state index >= 15 is 0 Å². The molecule has 0 bridgehead atoms. The van der Waals surface area contributed by atoms with Crippen molar-refractivity contribution in [2.24, 2.45) is 0 Å². The van der Waals surface area contributed by atoms with Gasteiger partial charge in [-0.25, -0.2) is 0 Å². The Bertz CT molecular complexity index is 268. The van der Waals surface area contributed by atoms with Gasteiger partial charge in [0.1, 0.15) is 0 Å². The lowest BCUT2D eigenvalue weighted by atomic mass is 9.99. The minimum Gasteiger partial charge on any atom is -0.355 e. The predicted octanol–water partition coefficient (Wildman–Crippen LogP) is 1.75. The molecule has 0 saturated carbocycles. The second-order valence-electron chi connectivity index (χ2n) is 5.92. The molecule has 1 saturated heterocycles. The molecule has 112 valence electrons. The van der Waals surface area contributed by atoms with E-state index in [0.717, 1.165) is 26.1 Å². The van der Waals surface area contributed by atoms with Crippen LogP contribution in [0, 0.1) is 0 Å². The zero-order chi connectivity index (χ0) is 14.3. The van der Waals surface area contributed by atoms with Crippen LogP contribution >= 0.6 is 0 Å². The second kappa shape index (κ2) is 8.54. The highest BCUT2D eigenvalue weighted by Crippen LogP contribution is 2.19. The molecule has 4 heteroatoms. The van der Waals surface area contributed by atoms with Gasteiger partial charge in [0.2, 0.25) is 5.91 Å². The third kappa shape index (κ3) is 5.49. The quantitative estimate of drug-likeness (QED) is 0.740. The molecule has 0 radical (unpaired) electrons. The predicted molar refractivity (Wildman–Crippen MR) is 80.2 cm³/mol. The first kappa shape index (κ1) is 16.4. The van der Waals surface area contributed by atoms with Gasteiger partial charge in [0.05, 0.1) is 6.04 Å². The van der Waals surface area contributed by atoms with E-state index in [4.69, 9.17) is 0 Å². The van der Waals surface area contributed by atoms with Gasteiger partial charge in [0.25, 0.3) is 0 Å². The number of piperidine rings is 1. The molecule has 0 aromatic heterocycles. The van der Waals surface area contributed by atoms with Crippen LogP contribution in [0.15, 0.2) is 0 Å². The summed E-state index contributed by atoms with van der Waals surface area (Å²) in [6, 6.07) is 0.998. The zero-order valence-corrected chi connectivity index (χ0v) is 13.0. The van der Waals surface area contributed by atoms with E-state index in [1.54, 1.807) is 0 Å². The summed E-state index contributed by atoms with van der Waals surface area (Å²) in [7, 11) is 0. The highest BCUT2D eigenvalue weighted by atomic mass is 16.2. The first-order chi connectivity index (χ1) is 9.06. The van der Waals surface area contributed by atoms with Gasteiger partial charge in [0.15, 0.2) is 0 Å². The van der Waals surface area contributed by atoms with Crippen molar-refractivity contribution in [1.29, 1.82) is 0 Å². The SMILES string of the molecule is CCCNC(=O)C(C)N1CCCCC1CNC(C)C. The fourth-order valence-corrected chi connectivity index (χ4v) is 2.67. The number of hydrogen-bond acceptors (Lipinski definition) is 3. The molecule has 1 heterocycles. The largest absolute Gasteiger partial charge is 0.355 e. The Kier molecular flexibility index (Phi) is 7.39. The van der Waals surface area contributed by atoms with Crippen LogP contribution < -0.4 is 10.6 Å².